The topological polar surface area (TPSA) is 237 Å². The van der Waals surface area contributed by atoms with Crippen LogP contribution in [0.15, 0.2) is 170 Å². The van der Waals surface area contributed by atoms with E-state index in [1.807, 2.05) is 12.2 Å². The molecule has 0 aliphatic rings. The van der Waals surface area contributed by atoms with Crippen molar-refractivity contribution in [3.05, 3.63) is 170 Å². The summed E-state index contributed by atoms with van der Waals surface area (Å²) in [5.41, 5.74) is 0. The number of rotatable bonds is 78. The van der Waals surface area contributed by atoms with Crippen LogP contribution in [0.1, 0.15) is 323 Å². The maximum Gasteiger partial charge on any atom is 0.472 e. The first-order valence-corrected chi connectivity index (χ1v) is 45.4. The molecule has 5 atom stereocenters. The van der Waals surface area contributed by atoms with Gasteiger partial charge in [0.15, 0.2) is 12.2 Å². The highest BCUT2D eigenvalue weighted by Crippen LogP contribution is 2.45. The summed E-state index contributed by atoms with van der Waals surface area (Å²) in [6.45, 7) is 4.49. The van der Waals surface area contributed by atoms with Gasteiger partial charge in [-0.15, -0.1) is 0 Å². The van der Waals surface area contributed by atoms with Crippen LogP contribution >= 0.6 is 15.6 Å². The summed E-state index contributed by atoms with van der Waals surface area (Å²) in [4.78, 5) is 73.2. The van der Waals surface area contributed by atoms with Crippen LogP contribution in [-0.4, -0.2) is 96.7 Å². The fourth-order valence-corrected chi connectivity index (χ4v) is 12.3. The van der Waals surface area contributed by atoms with Crippen LogP contribution in [0, 0.1) is 0 Å². The molecule has 0 aromatic rings. The predicted molar refractivity (Wildman–Crippen MR) is 454 cm³/mol. The Morgan fingerprint density at radius 1 is 0.264 bits per heavy atom. The molecule has 0 saturated heterocycles. The summed E-state index contributed by atoms with van der Waals surface area (Å²) in [6, 6.07) is 0. The Balaban J connectivity index is 5.47. The van der Waals surface area contributed by atoms with Gasteiger partial charge in [-0.3, -0.25) is 37.3 Å². The van der Waals surface area contributed by atoms with Crippen LogP contribution in [0.2, 0.25) is 0 Å². The molecular formula is C91H150O17P2. The van der Waals surface area contributed by atoms with Gasteiger partial charge in [0.1, 0.15) is 19.3 Å². The molecule has 17 nitrogen and oxygen atoms in total. The number of aliphatic hydroxyl groups excluding tert-OH is 1. The lowest BCUT2D eigenvalue weighted by Gasteiger charge is -2.21. The van der Waals surface area contributed by atoms with Gasteiger partial charge in [-0.25, -0.2) is 9.13 Å². The second-order valence-corrected chi connectivity index (χ2v) is 30.6. The van der Waals surface area contributed by atoms with E-state index in [1.165, 1.54) is 38.5 Å². The van der Waals surface area contributed by atoms with Crippen molar-refractivity contribution in [2.24, 2.45) is 0 Å². The maximum atomic E-state index is 13.1. The number of carbonyl (C=O) groups excluding carboxylic acids is 4. The van der Waals surface area contributed by atoms with Crippen molar-refractivity contribution >= 4 is 39.5 Å². The number of hydrogen-bond donors (Lipinski definition) is 3. The molecule has 0 amide bonds. The van der Waals surface area contributed by atoms with E-state index in [4.69, 9.17) is 37.0 Å². The van der Waals surface area contributed by atoms with Crippen LogP contribution in [0.25, 0.3) is 0 Å². The number of phosphoric acid groups is 2. The Kier molecular flexibility index (Phi) is 77.3. The molecule has 0 bridgehead atoms. The van der Waals surface area contributed by atoms with Crippen LogP contribution < -0.4 is 0 Å². The Morgan fingerprint density at radius 2 is 0.482 bits per heavy atom. The molecule has 0 rings (SSSR count). The second-order valence-electron chi connectivity index (χ2n) is 27.6. The number of allylic oxidation sites excluding steroid dienone is 28. The summed E-state index contributed by atoms with van der Waals surface area (Å²) >= 11 is 0. The van der Waals surface area contributed by atoms with Gasteiger partial charge in [0.05, 0.1) is 26.4 Å². The Hall–Kier alpha value is -5.58. The lowest BCUT2D eigenvalue weighted by atomic mass is 10.1. The molecule has 0 aliphatic carbocycles. The smallest absolute Gasteiger partial charge is 0.462 e. The Morgan fingerprint density at radius 3 is 0.764 bits per heavy atom. The van der Waals surface area contributed by atoms with Crippen molar-refractivity contribution < 1.29 is 80.2 Å². The minimum Gasteiger partial charge on any atom is -0.462 e. The van der Waals surface area contributed by atoms with Gasteiger partial charge < -0.3 is 33.8 Å². The van der Waals surface area contributed by atoms with Crippen LogP contribution in [0.5, 0.6) is 0 Å². The van der Waals surface area contributed by atoms with Crippen molar-refractivity contribution in [2.75, 3.05) is 39.6 Å². The average Bonchev–Trinajstić information content (AvgIpc) is 0.906. The van der Waals surface area contributed by atoms with Crippen LogP contribution in [0.4, 0.5) is 0 Å². The average molecular weight is 1580 g/mol. The zero-order valence-corrected chi connectivity index (χ0v) is 70.4. The third-order valence-electron chi connectivity index (χ3n) is 17.1. The summed E-state index contributed by atoms with van der Waals surface area (Å²) in [7, 11) is -10.0. The van der Waals surface area contributed by atoms with E-state index in [1.54, 1.807) is 0 Å². The van der Waals surface area contributed by atoms with Crippen molar-refractivity contribution in [3.63, 3.8) is 0 Å². The normalized spacial score (nSPS) is 14.6. The molecule has 0 saturated carbocycles. The second kappa shape index (κ2) is 81.4. The number of esters is 4. The van der Waals surface area contributed by atoms with E-state index < -0.39 is 97.5 Å². The van der Waals surface area contributed by atoms with Gasteiger partial charge in [-0.05, 0) is 173 Å². The van der Waals surface area contributed by atoms with Gasteiger partial charge in [0.2, 0.25) is 0 Å². The number of ether oxygens (including phenoxy) is 4. The van der Waals surface area contributed by atoms with Gasteiger partial charge in [-0.1, -0.05) is 294 Å². The molecule has 0 aliphatic heterocycles. The van der Waals surface area contributed by atoms with Crippen molar-refractivity contribution in [3.8, 4) is 0 Å². The molecule has 0 spiro atoms. The van der Waals surface area contributed by atoms with Gasteiger partial charge >= 0.3 is 39.5 Å². The first kappa shape index (κ1) is 104. The largest absolute Gasteiger partial charge is 0.472 e. The lowest BCUT2D eigenvalue weighted by molar-refractivity contribution is -0.161. The fourth-order valence-electron chi connectivity index (χ4n) is 10.8. The Labute approximate surface area is 667 Å². The number of carbonyl (C=O) groups is 4. The maximum absolute atomic E-state index is 13.1. The SMILES string of the molecule is CC/C=C\C/C=C\C/C=C\C/C=C\C/C=C\CCCC(=O)OC(COC(=O)CCCCCCCC/C=C\C/C=C\C/C=C\C/C=C\CC)COP(=O)(O)OCC(O)COP(=O)(O)OCC(COC(=O)CCCCCCCC/C=C\C/C=C\C/C=C\CCCCC)OC(=O)CCCCCCC/C=C\C/C=C\CCCCC. The highest BCUT2D eigenvalue weighted by Gasteiger charge is 2.30. The summed E-state index contributed by atoms with van der Waals surface area (Å²) < 4.78 is 68.7. The van der Waals surface area contributed by atoms with Crippen molar-refractivity contribution in [2.45, 2.75) is 341 Å². The zero-order chi connectivity index (χ0) is 80.3. The number of hydrogen-bond acceptors (Lipinski definition) is 15. The van der Waals surface area contributed by atoms with E-state index in [9.17, 15) is 43.2 Å². The van der Waals surface area contributed by atoms with Crippen molar-refractivity contribution in [1.29, 1.82) is 0 Å². The predicted octanol–water partition coefficient (Wildman–Crippen LogP) is 25.3. The molecule has 0 aromatic heterocycles. The summed E-state index contributed by atoms with van der Waals surface area (Å²) in [5.74, 6) is -2.29. The first-order chi connectivity index (χ1) is 53.7. The third-order valence-corrected chi connectivity index (χ3v) is 19.0. The highest BCUT2D eigenvalue weighted by molar-refractivity contribution is 7.47. The molecule has 0 aromatic carbocycles. The standard InChI is InChI=1S/C91H150O17P2/c1-5-9-13-17-21-25-29-33-37-40-42-45-48-51-55-59-63-67-71-75-88(93)101-81-86(107-90(95)77-73-69-65-61-57-53-47-36-32-28-24-20-16-12-8-4)83-105-109(97,98)103-79-85(92)80-104-110(99,100)106-84-87(108-91(96)78-74-70-66-62-58-54-50-44-39-35-31-27-23-19-15-11-7-3)82-102-89(94)76-72-68-64-60-56-52-49-46-43-41-38-34-30-26-22-18-14-10-6-2/h10-11,14-15,21-28,33-39,42-43,45-47,50,54,62,66,85-87,92H,5-9,12-13,16-20,29-32,40-41,44,48-49,51-53,55-61,63-65,67-84H2,1-4H3,(H,97,98)(H,99,100)/b14-10-,15-11-,25-21-,26-22-,27-23-,28-24-,37-33-,38-34-,39-35-,45-42-,46-43-,47-36-,54-50-,66-62-. The van der Waals surface area contributed by atoms with E-state index >= 15 is 0 Å². The van der Waals surface area contributed by atoms with E-state index in [-0.39, 0.29) is 25.7 Å². The van der Waals surface area contributed by atoms with Crippen LogP contribution in [0.3, 0.4) is 0 Å². The molecule has 0 heterocycles. The zero-order valence-electron chi connectivity index (χ0n) is 68.6. The molecule has 19 heteroatoms. The number of phosphoric ester groups is 2. The quantitative estimate of drug-likeness (QED) is 0.0169. The summed E-state index contributed by atoms with van der Waals surface area (Å²) in [6.07, 6.45) is 97.5. The molecule has 626 valence electrons. The van der Waals surface area contributed by atoms with Crippen molar-refractivity contribution in [1.82, 2.24) is 0 Å². The minimum atomic E-state index is -5.01. The minimum absolute atomic E-state index is 0.00688. The molecule has 0 fully saturated rings. The molecule has 5 unspecified atom stereocenters. The fraction of sp³-hybridized carbons (Fsp3) is 0.648. The Bertz CT molecular complexity index is 2750. The lowest BCUT2D eigenvalue weighted by Crippen LogP contribution is -2.30. The van der Waals surface area contributed by atoms with Crippen LogP contribution in [-0.2, 0) is 65.4 Å². The number of unbranched alkanes of at least 4 members (excludes halogenated alkanes) is 24. The van der Waals surface area contributed by atoms with Gasteiger partial charge in [0, 0.05) is 25.7 Å². The summed E-state index contributed by atoms with van der Waals surface area (Å²) in [5, 5.41) is 10.7. The number of aliphatic hydroxyl groups is 1. The van der Waals surface area contributed by atoms with E-state index in [2.05, 4.69) is 186 Å². The molecule has 110 heavy (non-hydrogen) atoms. The molecule has 0 radical (unpaired) electrons. The first-order valence-electron chi connectivity index (χ1n) is 42.4. The monoisotopic (exact) mass is 1580 g/mol. The van der Waals surface area contributed by atoms with Gasteiger partial charge in [0.25, 0.3) is 0 Å². The molecule has 3 N–H and O–H groups in total. The van der Waals surface area contributed by atoms with E-state index in [0.29, 0.717) is 32.1 Å². The third kappa shape index (κ3) is 80.5. The van der Waals surface area contributed by atoms with Gasteiger partial charge in [-0.2, -0.15) is 0 Å². The highest BCUT2D eigenvalue weighted by atomic mass is 31.2. The van der Waals surface area contributed by atoms with E-state index in [0.717, 1.165) is 199 Å². The molecular weight excluding hydrogens is 1430 g/mol.